The molecular formula is C18H23N3O. The van der Waals surface area contributed by atoms with Gasteiger partial charge >= 0.3 is 0 Å². The Morgan fingerprint density at radius 2 is 2.00 bits per heavy atom. The molecule has 2 aromatic heterocycles. The molecule has 0 saturated heterocycles. The van der Waals surface area contributed by atoms with Gasteiger partial charge in [0.25, 0.3) is 0 Å². The molecule has 0 amide bonds. The number of Topliss-reactive ketones (excluding diaryl/α,β-unsaturated/α-hetero) is 1. The van der Waals surface area contributed by atoms with E-state index in [1.807, 2.05) is 18.2 Å². The molecule has 0 N–H and O–H groups in total. The van der Waals surface area contributed by atoms with Crippen LogP contribution < -0.4 is 0 Å². The molecule has 0 aliphatic heterocycles. The molecular weight excluding hydrogens is 274 g/mol. The van der Waals surface area contributed by atoms with Crippen LogP contribution in [-0.2, 0) is 0 Å². The van der Waals surface area contributed by atoms with Crippen molar-refractivity contribution in [3.8, 4) is 5.82 Å². The number of fused-ring (bicyclic) bond motifs is 1. The topological polar surface area (TPSA) is 47.8 Å². The molecule has 116 valence electrons. The maximum absolute atomic E-state index is 12.6. The highest BCUT2D eigenvalue weighted by atomic mass is 16.1. The Balaban J connectivity index is 2.26. The van der Waals surface area contributed by atoms with Gasteiger partial charge in [-0.2, -0.15) is 5.10 Å². The minimum absolute atomic E-state index is 0.192. The first-order valence-electron chi connectivity index (χ1n) is 8.08. The molecule has 2 aromatic rings. The van der Waals surface area contributed by atoms with Crippen LogP contribution in [0.25, 0.3) is 5.82 Å². The standard InChI is InChI=1S/C18H23N3O/c1-11(2)13-8-9-14(22)18-16(13)17(12(3)4)20-21(18)15-7-5-6-10-19-15/h5-7,10-13H,8-9H2,1-4H3. The van der Waals surface area contributed by atoms with Crippen LogP contribution in [0.4, 0.5) is 0 Å². The van der Waals surface area contributed by atoms with Crippen LogP contribution in [0.1, 0.15) is 74.1 Å². The van der Waals surface area contributed by atoms with Crippen LogP contribution >= 0.6 is 0 Å². The summed E-state index contributed by atoms with van der Waals surface area (Å²) >= 11 is 0. The van der Waals surface area contributed by atoms with E-state index in [1.54, 1.807) is 10.9 Å². The predicted octanol–water partition coefficient (Wildman–Crippen LogP) is 4.11. The second-order valence-corrected chi connectivity index (χ2v) is 6.71. The highest BCUT2D eigenvalue weighted by Crippen LogP contribution is 2.41. The molecule has 4 heteroatoms. The quantitative estimate of drug-likeness (QED) is 0.856. The maximum atomic E-state index is 12.6. The molecule has 0 spiro atoms. The van der Waals surface area contributed by atoms with Gasteiger partial charge in [-0.05, 0) is 36.3 Å². The van der Waals surface area contributed by atoms with Gasteiger partial charge < -0.3 is 0 Å². The van der Waals surface area contributed by atoms with Crippen LogP contribution in [0.5, 0.6) is 0 Å². The SMILES string of the molecule is CC(C)c1nn(-c2ccccn2)c2c1C(C(C)C)CCC2=O. The van der Waals surface area contributed by atoms with Crippen molar-refractivity contribution in [1.29, 1.82) is 0 Å². The second-order valence-electron chi connectivity index (χ2n) is 6.71. The second kappa shape index (κ2) is 5.67. The van der Waals surface area contributed by atoms with E-state index in [2.05, 4.69) is 32.7 Å². The Hall–Kier alpha value is -1.97. The lowest BCUT2D eigenvalue weighted by molar-refractivity contribution is 0.0955. The van der Waals surface area contributed by atoms with Gasteiger partial charge in [-0.15, -0.1) is 0 Å². The third-order valence-corrected chi connectivity index (χ3v) is 4.49. The van der Waals surface area contributed by atoms with Crippen molar-refractivity contribution in [2.24, 2.45) is 5.92 Å². The molecule has 3 rings (SSSR count). The van der Waals surface area contributed by atoms with Gasteiger partial charge in [0.15, 0.2) is 11.6 Å². The lowest BCUT2D eigenvalue weighted by Gasteiger charge is -2.26. The molecule has 0 bridgehead atoms. The van der Waals surface area contributed by atoms with Crippen molar-refractivity contribution in [3.63, 3.8) is 0 Å². The van der Waals surface area contributed by atoms with Gasteiger partial charge in [0, 0.05) is 18.2 Å². The molecule has 1 unspecified atom stereocenters. The molecule has 1 aliphatic rings. The van der Waals surface area contributed by atoms with Crippen molar-refractivity contribution in [3.05, 3.63) is 41.3 Å². The van der Waals surface area contributed by atoms with Gasteiger partial charge in [0.05, 0.1) is 5.69 Å². The van der Waals surface area contributed by atoms with Crippen molar-refractivity contribution in [2.45, 2.75) is 52.4 Å². The van der Waals surface area contributed by atoms with Crippen LogP contribution in [0.2, 0.25) is 0 Å². The molecule has 4 nitrogen and oxygen atoms in total. The Labute approximate surface area is 131 Å². The van der Waals surface area contributed by atoms with E-state index in [0.29, 0.717) is 24.2 Å². The van der Waals surface area contributed by atoms with Crippen LogP contribution in [0, 0.1) is 5.92 Å². The number of nitrogens with zero attached hydrogens (tertiary/aromatic N) is 3. The van der Waals surface area contributed by atoms with Gasteiger partial charge in [-0.25, -0.2) is 9.67 Å². The van der Waals surface area contributed by atoms with E-state index in [0.717, 1.165) is 29.2 Å². The van der Waals surface area contributed by atoms with Gasteiger partial charge in [0.1, 0.15) is 5.69 Å². The number of carbonyl (C=O) groups is 1. The summed E-state index contributed by atoms with van der Waals surface area (Å²) in [6, 6.07) is 5.71. The molecule has 22 heavy (non-hydrogen) atoms. The highest BCUT2D eigenvalue weighted by molar-refractivity contribution is 5.98. The molecule has 1 atom stereocenters. The van der Waals surface area contributed by atoms with Gasteiger partial charge in [0.2, 0.25) is 0 Å². The van der Waals surface area contributed by atoms with E-state index in [9.17, 15) is 4.79 Å². The lowest BCUT2D eigenvalue weighted by atomic mass is 9.77. The summed E-state index contributed by atoms with van der Waals surface area (Å²) in [5.41, 5.74) is 2.96. The van der Waals surface area contributed by atoms with Crippen molar-refractivity contribution >= 4 is 5.78 Å². The number of aromatic nitrogens is 3. The smallest absolute Gasteiger partial charge is 0.181 e. The number of hydrogen-bond acceptors (Lipinski definition) is 3. The highest BCUT2D eigenvalue weighted by Gasteiger charge is 2.35. The summed E-state index contributed by atoms with van der Waals surface area (Å²) in [5.74, 6) is 2.12. The minimum Gasteiger partial charge on any atom is -0.292 e. The predicted molar refractivity (Wildman–Crippen MR) is 86.6 cm³/mol. The Bertz CT molecular complexity index is 686. The average Bonchev–Trinajstić information content (AvgIpc) is 2.89. The molecule has 0 saturated carbocycles. The first kappa shape index (κ1) is 14.9. The monoisotopic (exact) mass is 297 g/mol. The molecule has 2 heterocycles. The van der Waals surface area contributed by atoms with E-state index in [1.165, 1.54) is 0 Å². The summed E-state index contributed by atoms with van der Waals surface area (Å²) in [5, 5.41) is 4.78. The fourth-order valence-electron chi connectivity index (χ4n) is 3.37. The zero-order valence-electron chi connectivity index (χ0n) is 13.7. The third-order valence-electron chi connectivity index (χ3n) is 4.49. The Kier molecular flexibility index (Phi) is 3.85. The fourth-order valence-corrected chi connectivity index (χ4v) is 3.37. The van der Waals surface area contributed by atoms with Crippen molar-refractivity contribution < 1.29 is 4.79 Å². The van der Waals surface area contributed by atoms with Crippen LogP contribution in [-0.4, -0.2) is 20.5 Å². The van der Waals surface area contributed by atoms with Crippen molar-refractivity contribution in [1.82, 2.24) is 14.8 Å². The third kappa shape index (κ3) is 2.36. The molecule has 0 radical (unpaired) electrons. The zero-order chi connectivity index (χ0) is 15.9. The number of ketones is 1. The number of hydrogen-bond donors (Lipinski definition) is 0. The van der Waals surface area contributed by atoms with E-state index in [4.69, 9.17) is 5.10 Å². The first-order valence-corrected chi connectivity index (χ1v) is 8.08. The number of rotatable bonds is 3. The molecule has 1 aliphatic carbocycles. The Morgan fingerprint density at radius 1 is 1.23 bits per heavy atom. The summed E-state index contributed by atoms with van der Waals surface area (Å²) in [4.78, 5) is 17.0. The summed E-state index contributed by atoms with van der Waals surface area (Å²) in [6.07, 6.45) is 3.27. The Morgan fingerprint density at radius 3 is 2.59 bits per heavy atom. The van der Waals surface area contributed by atoms with Crippen LogP contribution in [0.3, 0.4) is 0 Å². The zero-order valence-corrected chi connectivity index (χ0v) is 13.7. The lowest BCUT2D eigenvalue weighted by Crippen LogP contribution is -2.22. The van der Waals surface area contributed by atoms with E-state index < -0.39 is 0 Å². The van der Waals surface area contributed by atoms with Crippen LogP contribution in [0.15, 0.2) is 24.4 Å². The summed E-state index contributed by atoms with van der Waals surface area (Å²) in [6.45, 7) is 8.74. The first-order chi connectivity index (χ1) is 10.5. The summed E-state index contributed by atoms with van der Waals surface area (Å²) in [7, 11) is 0. The van der Waals surface area contributed by atoms with E-state index >= 15 is 0 Å². The number of pyridine rings is 1. The average molecular weight is 297 g/mol. The molecule has 0 aromatic carbocycles. The fraction of sp³-hybridized carbons (Fsp3) is 0.500. The minimum atomic E-state index is 0.192. The van der Waals surface area contributed by atoms with Crippen molar-refractivity contribution in [2.75, 3.05) is 0 Å². The summed E-state index contributed by atoms with van der Waals surface area (Å²) < 4.78 is 1.77. The largest absolute Gasteiger partial charge is 0.292 e. The normalized spacial score (nSPS) is 18.1. The van der Waals surface area contributed by atoms with E-state index in [-0.39, 0.29) is 5.78 Å². The van der Waals surface area contributed by atoms with Gasteiger partial charge in [-0.3, -0.25) is 4.79 Å². The molecule has 0 fully saturated rings. The number of carbonyl (C=O) groups excluding carboxylic acids is 1. The maximum Gasteiger partial charge on any atom is 0.181 e. The van der Waals surface area contributed by atoms with Gasteiger partial charge in [-0.1, -0.05) is 33.8 Å².